The molecule has 3 aromatic rings. The molecular weight excluding hydrogens is 410 g/mol. The Balaban J connectivity index is 1.53. The van der Waals surface area contributed by atoms with Crippen LogP contribution in [0.5, 0.6) is 0 Å². The van der Waals surface area contributed by atoms with Gasteiger partial charge < -0.3 is 9.88 Å². The van der Waals surface area contributed by atoms with Crippen LogP contribution in [-0.2, 0) is 23.1 Å². The molecule has 7 heteroatoms. The van der Waals surface area contributed by atoms with E-state index in [0.717, 1.165) is 50.8 Å². The van der Waals surface area contributed by atoms with Crippen LogP contribution in [0.25, 0.3) is 17.0 Å². The van der Waals surface area contributed by atoms with Crippen LogP contribution in [0.3, 0.4) is 0 Å². The van der Waals surface area contributed by atoms with E-state index in [1.54, 1.807) is 6.08 Å². The van der Waals surface area contributed by atoms with E-state index >= 15 is 0 Å². The molecular formula is C24H23N3O3S. The average Bonchev–Trinajstić information content (AvgIpc) is 3.17. The number of hydrogen-bond donors (Lipinski definition) is 1. The SMILES string of the molecule is CCc1ccc(NC(=O)CN2C(=O)SC(=Cc3c(C)n(C)c4ccccc34)C2=O)cc1. The monoisotopic (exact) mass is 433 g/mol. The molecule has 1 saturated heterocycles. The number of anilines is 1. The van der Waals surface area contributed by atoms with Crippen molar-refractivity contribution in [3.63, 3.8) is 0 Å². The third-order valence-corrected chi connectivity index (χ3v) is 6.45. The summed E-state index contributed by atoms with van der Waals surface area (Å²) in [4.78, 5) is 39.1. The maximum Gasteiger partial charge on any atom is 0.294 e. The highest BCUT2D eigenvalue weighted by Crippen LogP contribution is 2.35. The lowest BCUT2D eigenvalue weighted by Gasteiger charge is -2.12. The van der Waals surface area contributed by atoms with Crippen LogP contribution >= 0.6 is 11.8 Å². The molecule has 1 aliphatic heterocycles. The number of rotatable bonds is 5. The van der Waals surface area contributed by atoms with Gasteiger partial charge in [0.2, 0.25) is 5.91 Å². The Bertz CT molecular complexity index is 1220. The molecule has 1 fully saturated rings. The molecule has 158 valence electrons. The zero-order chi connectivity index (χ0) is 22.1. The summed E-state index contributed by atoms with van der Waals surface area (Å²) in [7, 11) is 1.97. The summed E-state index contributed by atoms with van der Waals surface area (Å²) >= 11 is 0.866. The molecule has 4 rings (SSSR count). The predicted molar refractivity (Wildman–Crippen MR) is 125 cm³/mol. The van der Waals surface area contributed by atoms with Crippen molar-refractivity contribution in [3.8, 4) is 0 Å². The smallest absolute Gasteiger partial charge is 0.294 e. The van der Waals surface area contributed by atoms with Crippen molar-refractivity contribution in [1.29, 1.82) is 0 Å². The number of imide groups is 1. The zero-order valence-corrected chi connectivity index (χ0v) is 18.5. The minimum Gasteiger partial charge on any atom is -0.347 e. The van der Waals surface area contributed by atoms with Gasteiger partial charge in [-0.2, -0.15) is 0 Å². The molecule has 0 spiro atoms. The number of aryl methyl sites for hydroxylation is 2. The summed E-state index contributed by atoms with van der Waals surface area (Å²) in [6.07, 6.45) is 2.66. The molecule has 1 N–H and O–H groups in total. The number of hydrogen-bond acceptors (Lipinski definition) is 4. The maximum atomic E-state index is 12.9. The van der Waals surface area contributed by atoms with Crippen LogP contribution in [0.15, 0.2) is 53.4 Å². The normalized spacial score (nSPS) is 15.3. The summed E-state index contributed by atoms with van der Waals surface area (Å²) in [5.41, 5.74) is 4.76. The second-order valence-electron chi connectivity index (χ2n) is 7.44. The zero-order valence-electron chi connectivity index (χ0n) is 17.6. The number of nitrogens with one attached hydrogen (secondary N) is 1. The van der Waals surface area contributed by atoms with Crippen molar-refractivity contribution < 1.29 is 14.4 Å². The Morgan fingerprint density at radius 1 is 1.10 bits per heavy atom. The number of thioether (sulfide) groups is 1. The molecule has 1 aromatic heterocycles. The number of nitrogens with zero attached hydrogens (tertiary/aromatic N) is 2. The van der Waals surface area contributed by atoms with Crippen molar-refractivity contribution in [3.05, 3.63) is 70.3 Å². The third-order valence-electron chi connectivity index (χ3n) is 5.55. The molecule has 1 aliphatic rings. The van der Waals surface area contributed by atoms with Gasteiger partial charge in [0.15, 0.2) is 0 Å². The van der Waals surface area contributed by atoms with Gasteiger partial charge in [-0.05, 0) is 54.9 Å². The van der Waals surface area contributed by atoms with Crippen molar-refractivity contribution in [1.82, 2.24) is 9.47 Å². The van der Waals surface area contributed by atoms with Gasteiger partial charge in [0.05, 0.1) is 4.91 Å². The molecule has 0 bridgehead atoms. The summed E-state index contributed by atoms with van der Waals surface area (Å²) in [6.45, 7) is 3.72. The van der Waals surface area contributed by atoms with E-state index in [-0.39, 0.29) is 6.54 Å². The van der Waals surface area contributed by atoms with Gasteiger partial charge in [-0.3, -0.25) is 19.3 Å². The number of amides is 3. The molecule has 6 nitrogen and oxygen atoms in total. The lowest BCUT2D eigenvalue weighted by Crippen LogP contribution is -2.36. The first-order chi connectivity index (χ1) is 14.9. The molecule has 2 heterocycles. The number of benzene rings is 2. The molecule has 0 saturated carbocycles. The topological polar surface area (TPSA) is 71.4 Å². The minimum atomic E-state index is -0.446. The van der Waals surface area contributed by atoms with E-state index in [1.807, 2.05) is 62.5 Å². The quantitative estimate of drug-likeness (QED) is 0.591. The van der Waals surface area contributed by atoms with Crippen LogP contribution in [0, 0.1) is 6.92 Å². The highest BCUT2D eigenvalue weighted by atomic mass is 32.2. The lowest BCUT2D eigenvalue weighted by molar-refractivity contribution is -0.127. The van der Waals surface area contributed by atoms with E-state index < -0.39 is 17.1 Å². The first-order valence-corrected chi connectivity index (χ1v) is 10.9. The standard InChI is InChI=1S/C24H23N3O3S/c1-4-16-9-11-17(12-10-16)25-22(28)14-27-23(29)21(31-24(27)30)13-19-15(2)26(3)20-8-6-5-7-18(19)20/h5-13H,4,14H2,1-3H3,(H,25,28). The lowest BCUT2D eigenvalue weighted by atomic mass is 10.1. The number of fused-ring (bicyclic) bond motifs is 1. The Morgan fingerprint density at radius 2 is 1.81 bits per heavy atom. The van der Waals surface area contributed by atoms with Gasteiger partial charge in [0.1, 0.15) is 6.54 Å². The van der Waals surface area contributed by atoms with Gasteiger partial charge in [0, 0.05) is 34.9 Å². The molecule has 0 radical (unpaired) electrons. The number of para-hydroxylation sites is 1. The molecule has 0 atom stereocenters. The molecule has 2 aromatic carbocycles. The van der Waals surface area contributed by atoms with Crippen molar-refractivity contribution in [2.45, 2.75) is 20.3 Å². The Kier molecular flexibility index (Phi) is 5.69. The van der Waals surface area contributed by atoms with Crippen LogP contribution in [-0.4, -0.2) is 33.1 Å². The van der Waals surface area contributed by atoms with Gasteiger partial charge in [-0.1, -0.05) is 37.3 Å². The molecule has 0 aliphatic carbocycles. The van der Waals surface area contributed by atoms with E-state index in [9.17, 15) is 14.4 Å². The van der Waals surface area contributed by atoms with Crippen LogP contribution in [0.1, 0.15) is 23.7 Å². The predicted octanol–water partition coefficient (Wildman–Crippen LogP) is 4.72. The summed E-state index contributed by atoms with van der Waals surface area (Å²) in [6, 6.07) is 15.4. The fourth-order valence-corrected chi connectivity index (χ4v) is 4.49. The van der Waals surface area contributed by atoms with Crippen LogP contribution < -0.4 is 5.32 Å². The number of aromatic nitrogens is 1. The maximum absolute atomic E-state index is 12.9. The van der Waals surface area contributed by atoms with Gasteiger partial charge in [-0.25, -0.2) is 0 Å². The fraction of sp³-hybridized carbons (Fsp3) is 0.208. The summed E-state index contributed by atoms with van der Waals surface area (Å²) in [5.74, 6) is -0.854. The van der Waals surface area contributed by atoms with Gasteiger partial charge in [0.25, 0.3) is 11.1 Å². The van der Waals surface area contributed by atoms with Gasteiger partial charge in [-0.15, -0.1) is 0 Å². The van der Waals surface area contributed by atoms with Gasteiger partial charge >= 0.3 is 0 Å². The van der Waals surface area contributed by atoms with E-state index in [1.165, 1.54) is 0 Å². The summed E-state index contributed by atoms with van der Waals surface area (Å²) < 4.78 is 2.06. The Hall–Kier alpha value is -3.32. The first kappa shape index (κ1) is 20.9. The Labute approximate surface area is 184 Å². The van der Waals surface area contributed by atoms with Crippen molar-refractivity contribution in [2.24, 2.45) is 7.05 Å². The highest BCUT2D eigenvalue weighted by molar-refractivity contribution is 8.18. The molecule has 0 unspecified atom stereocenters. The third kappa shape index (κ3) is 4.01. The highest BCUT2D eigenvalue weighted by Gasteiger charge is 2.36. The molecule has 3 amide bonds. The second-order valence-corrected chi connectivity index (χ2v) is 8.43. The first-order valence-electron chi connectivity index (χ1n) is 10.1. The van der Waals surface area contributed by atoms with Crippen molar-refractivity contribution in [2.75, 3.05) is 11.9 Å². The number of carbonyl (C=O) groups is 3. The fourth-order valence-electron chi connectivity index (χ4n) is 3.67. The average molecular weight is 434 g/mol. The summed E-state index contributed by atoms with van der Waals surface area (Å²) in [5, 5.41) is 3.32. The largest absolute Gasteiger partial charge is 0.347 e. The van der Waals surface area contributed by atoms with Crippen molar-refractivity contribution >= 4 is 51.5 Å². The van der Waals surface area contributed by atoms with Crippen LogP contribution in [0.2, 0.25) is 0 Å². The van der Waals surface area contributed by atoms with E-state index in [4.69, 9.17) is 0 Å². The minimum absolute atomic E-state index is 0.313. The molecule has 31 heavy (non-hydrogen) atoms. The Morgan fingerprint density at radius 3 is 2.52 bits per heavy atom. The van der Waals surface area contributed by atoms with Crippen LogP contribution in [0.4, 0.5) is 10.5 Å². The number of carbonyl (C=O) groups excluding carboxylic acids is 3. The second kappa shape index (κ2) is 8.43. The van der Waals surface area contributed by atoms with E-state index in [0.29, 0.717) is 10.6 Å². The van der Waals surface area contributed by atoms with E-state index in [2.05, 4.69) is 16.8 Å².